The summed E-state index contributed by atoms with van der Waals surface area (Å²) >= 11 is 3.51. The van der Waals surface area contributed by atoms with Crippen molar-refractivity contribution in [2.75, 3.05) is 58.5 Å². The zero-order chi connectivity index (χ0) is 25.3. The molecule has 1 aromatic rings. The summed E-state index contributed by atoms with van der Waals surface area (Å²) in [5.41, 5.74) is 0.971. The number of guanidine groups is 2. The van der Waals surface area contributed by atoms with E-state index in [1.807, 2.05) is 55.3 Å². The topological polar surface area (TPSA) is 79.6 Å². The van der Waals surface area contributed by atoms with Gasteiger partial charge < -0.3 is 20.4 Å². The van der Waals surface area contributed by atoms with E-state index >= 15 is 0 Å². The molecule has 0 saturated carbocycles. The Morgan fingerprint density at radius 1 is 1.17 bits per heavy atom. The summed E-state index contributed by atoms with van der Waals surface area (Å²) in [6.07, 6.45) is 6.94. The van der Waals surface area contributed by atoms with Gasteiger partial charge in [-0.3, -0.25) is 10.3 Å². The number of rotatable bonds is 10. The van der Waals surface area contributed by atoms with E-state index in [4.69, 9.17) is 4.99 Å². The zero-order valence-electron chi connectivity index (χ0n) is 21.6. The number of aliphatic imine (C=N–C) groups is 3. The van der Waals surface area contributed by atoms with Gasteiger partial charge in [0.15, 0.2) is 0 Å². The molecule has 1 aromatic carbocycles. The summed E-state index contributed by atoms with van der Waals surface area (Å²) in [5, 5.41) is 12.2. The number of nitrogens with one attached hydrogen (secondary N) is 3. The van der Waals surface area contributed by atoms with Gasteiger partial charge in [0, 0.05) is 62.3 Å². The highest BCUT2D eigenvalue weighted by Gasteiger charge is 2.18. The van der Waals surface area contributed by atoms with Crippen LogP contribution in [0.1, 0.15) is 20.3 Å². The normalized spacial score (nSPS) is 17.3. The van der Waals surface area contributed by atoms with Gasteiger partial charge in [-0.25, -0.2) is 9.98 Å². The zero-order valence-corrected chi connectivity index (χ0v) is 23.2. The van der Waals surface area contributed by atoms with Crippen LogP contribution in [-0.4, -0.2) is 86.5 Å². The van der Waals surface area contributed by atoms with Crippen molar-refractivity contribution in [2.45, 2.75) is 25.5 Å². The molecule has 1 aliphatic rings. The fraction of sp³-hybridized carbons (Fsp3) is 0.480. The van der Waals surface area contributed by atoms with Crippen LogP contribution in [0.2, 0.25) is 0 Å². The van der Waals surface area contributed by atoms with Crippen LogP contribution in [-0.2, 0) is 0 Å². The van der Waals surface area contributed by atoms with Crippen LogP contribution in [0.3, 0.4) is 0 Å². The molecule has 0 bridgehead atoms. The molecule has 1 heterocycles. The first kappa shape index (κ1) is 28.8. The van der Waals surface area contributed by atoms with Crippen LogP contribution in [0.15, 0.2) is 67.9 Å². The monoisotopic (exact) mass is 516 g/mol. The Morgan fingerprint density at radius 3 is 2.57 bits per heavy atom. The predicted molar refractivity (Wildman–Crippen MR) is 158 cm³/mol. The fourth-order valence-corrected chi connectivity index (χ4v) is 5.02. The summed E-state index contributed by atoms with van der Waals surface area (Å²) in [5.74, 6) is 1.86. The average Bonchev–Trinajstić information content (AvgIpc) is 2.87. The second kappa shape index (κ2) is 17.1. The molecule has 35 heavy (non-hydrogen) atoms. The minimum absolute atomic E-state index is 0.336. The fourth-order valence-electron chi connectivity index (χ4n) is 3.13. The van der Waals surface area contributed by atoms with Gasteiger partial charge in [0.2, 0.25) is 11.9 Å². The Morgan fingerprint density at radius 2 is 1.91 bits per heavy atom. The Labute approximate surface area is 219 Å². The third-order valence-electron chi connectivity index (χ3n) is 5.18. The molecular formula is C25H40N8S2. The van der Waals surface area contributed by atoms with Crippen molar-refractivity contribution in [3.8, 4) is 0 Å². The highest BCUT2D eigenvalue weighted by atomic mass is 32.2. The van der Waals surface area contributed by atoms with E-state index in [-0.39, 0.29) is 0 Å². The van der Waals surface area contributed by atoms with E-state index in [1.165, 1.54) is 4.91 Å². The average molecular weight is 517 g/mol. The minimum Gasteiger partial charge on any atom is -0.393 e. The van der Waals surface area contributed by atoms with Crippen molar-refractivity contribution < 1.29 is 0 Å². The Hall–Kier alpha value is -2.43. The van der Waals surface area contributed by atoms with Gasteiger partial charge in [0.25, 0.3) is 0 Å². The van der Waals surface area contributed by atoms with Crippen molar-refractivity contribution >= 4 is 47.5 Å². The van der Waals surface area contributed by atoms with Crippen molar-refractivity contribution in [1.29, 1.82) is 0 Å². The lowest BCUT2D eigenvalue weighted by atomic mass is 10.3. The van der Waals surface area contributed by atoms with Crippen LogP contribution in [0.4, 0.5) is 5.69 Å². The number of para-hydroxylation sites is 1. The third kappa shape index (κ3) is 11.2. The van der Waals surface area contributed by atoms with Crippen molar-refractivity contribution in [2.24, 2.45) is 15.0 Å². The summed E-state index contributed by atoms with van der Waals surface area (Å²) in [7, 11) is 5.87. The van der Waals surface area contributed by atoms with Gasteiger partial charge in [0.1, 0.15) is 0 Å². The molecule has 2 rings (SSSR count). The Kier molecular flexibility index (Phi) is 14.1. The van der Waals surface area contributed by atoms with Gasteiger partial charge in [0.05, 0.1) is 12.2 Å². The van der Waals surface area contributed by atoms with Crippen LogP contribution in [0.5, 0.6) is 0 Å². The number of allylic oxidation sites excluding steroid dienone is 1. The maximum Gasteiger partial charge on any atom is 0.227 e. The standard InChI is InChI=1S/C25H40N8S2/c1-6-7-17-34-21(2)23(18-26-3)35-20-30-24(29-19-28-22-11-9-8-10-12-22)31-25(27-4)33-15-13-32(5)14-16-33/h7-12,17-19,21,26H,6,13-16,20H2,1-5H3,(H2,27,28,29,30,31)/b17-7-,23-18-. The van der Waals surface area contributed by atoms with Gasteiger partial charge in [-0.1, -0.05) is 31.2 Å². The van der Waals surface area contributed by atoms with E-state index in [1.54, 1.807) is 25.1 Å². The smallest absolute Gasteiger partial charge is 0.227 e. The molecule has 1 fully saturated rings. The second-order valence-corrected chi connectivity index (χ2v) is 10.1. The summed E-state index contributed by atoms with van der Waals surface area (Å²) in [4.78, 5) is 19.6. The number of hydrogen-bond donors (Lipinski definition) is 3. The number of piperazine rings is 1. The third-order valence-corrected chi connectivity index (χ3v) is 7.40. The van der Waals surface area contributed by atoms with Gasteiger partial charge in [-0.05, 0) is 37.9 Å². The first-order valence-electron chi connectivity index (χ1n) is 11.9. The van der Waals surface area contributed by atoms with Gasteiger partial charge in [-0.15, -0.1) is 23.5 Å². The molecule has 8 nitrogen and oxygen atoms in total. The number of hydrogen-bond acceptors (Lipinski definition) is 6. The van der Waals surface area contributed by atoms with E-state index in [2.05, 4.69) is 68.1 Å². The first-order chi connectivity index (χ1) is 17.1. The number of anilines is 1. The highest BCUT2D eigenvalue weighted by Crippen LogP contribution is 2.28. The molecular weight excluding hydrogens is 476 g/mol. The Balaban J connectivity index is 2.10. The number of likely N-dealkylation sites (N-methyl/N-ethyl adjacent to an activating group) is 1. The molecule has 1 aliphatic heterocycles. The lowest BCUT2D eigenvalue weighted by Gasteiger charge is -2.34. The number of nitrogens with zero attached hydrogens (tertiary/aromatic N) is 5. The maximum absolute atomic E-state index is 4.77. The lowest BCUT2D eigenvalue weighted by Crippen LogP contribution is -2.52. The summed E-state index contributed by atoms with van der Waals surface area (Å²) in [6, 6.07) is 9.95. The van der Waals surface area contributed by atoms with Crippen LogP contribution >= 0.6 is 23.5 Å². The molecule has 0 aromatic heterocycles. The van der Waals surface area contributed by atoms with Crippen LogP contribution in [0, 0.1) is 0 Å². The molecule has 0 amide bonds. The van der Waals surface area contributed by atoms with Crippen molar-refractivity contribution in [1.82, 2.24) is 20.4 Å². The van der Waals surface area contributed by atoms with Crippen LogP contribution in [0.25, 0.3) is 0 Å². The van der Waals surface area contributed by atoms with Crippen molar-refractivity contribution in [3.05, 3.63) is 52.9 Å². The van der Waals surface area contributed by atoms with E-state index < -0.39 is 0 Å². The molecule has 1 saturated heterocycles. The largest absolute Gasteiger partial charge is 0.393 e. The molecule has 192 valence electrons. The Bertz CT molecular complexity index is 875. The van der Waals surface area contributed by atoms with E-state index in [0.29, 0.717) is 17.1 Å². The van der Waals surface area contributed by atoms with E-state index in [9.17, 15) is 0 Å². The molecule has 3 N–H and O–H groups in total. The molecule has 0 aliphatic carbocycles. The quantitative estimate of drug-likeness (QED) is 0.319. The highest BCUT2D eigenvalue weighted by molar-refractivity contribution is 8.07. The van der Waals surface area contributed by atoms with Crippen LogP contribution < -0.4 is 16.0 Å². The molecule has 0 spiro atoms. The number of thioether (sulfide) groups is 2. The molecule has 10 heteroatoms. The first-order valence-corrected chi connectivity index (χ1v) is 13.9. The summed E-state index contributed by atoms with van der Waals surface area (Å²) in [6.45, 7) is 8.19. The maximum atomic E-state index is 4.77. The lowest BCUT2D eigenvalue weighted by molar-refractivity contribution is 0.213. The number of benzene rings is 1. The van der Waals surface area contributed by atoms with Gasteiger partial charge in [-0.2, -0.15) is 0 Å². The molecule has 1 unspecified atom stereocenters. The predicted octanol–water partition coefficient (Wildman–Crippen LogP) is 4.10. The SMILES string of the molecule is CC/C=C\SC(C)/C(=C/NC)SC/N=C(/N=C/Nc1ccccc1)NC(=NC)N1CCN(C)CC1. The van der Waals surface area contributed by atoms with Crippen molar-refractivity contribution in [3.63, 3.8) is 0 Å². The second-order valence-electron chi connectivity index (χ2n) is 7.88. The van der Waals surface area contributed by atoms with E-state index in [0.717, 1.165) is 44.2 Å². The van der Waals surface area contributed by atoms with Gasteiger partial charge >= 0.3 is 0 Å². The summed E-state index contributed by atoms with van der Waals surface area (Å²) < 4.78 is 0. The minimum atomic E-state index is 0.336. The molecule has 1 atom stereocenters. The molecule has 0 radical (unpaired) electrons.